The van der Waals surface area contributed by atoms with E-state index in [-0.39, 0.29) is 17.4 Å². The van der Waals surface area contributed by atoms with Crippen LogP contribution in [0.15, 0.2) is 18.5 Å². The van der Waals surface area contributed by atoms with Gasteiger partial charge in [-0.05, 0) is 19.9 Å². The summed E-state index contributed by atoms with van der Waals surface area (Å²) in [5.41, 5.74) is 0.206. The molecule has 1 unspecified atom stereocenters. The Morgan fingerprint density at radius 3 is 2.88 bits per heavy atom. The largest absolute Gasteiger partial charge is 0.338 e. The predicted octanol–water partition coefficient (Wildman–Crippen LogP) is 1.84. The van der Waals surface area contributed by atoms with Gasteiger partial charge in [-0.25, -0.2) is 4.39 Å². The van der Waals surface area contributed by atoms with Crippen molar-refractivity contribution in [2.75, 3.05) is 13.1 Å². The molecule has 0 aliphatic heterocycles. The molecule has 0 aliphatic rings. The smallest absolute Gasteiger partial charge is 0.255 e. The second-order valence-corrected chi connectivity index (χ2v) is 3.77. The van der Waals surface area contributed by atoms with Crippen molar-refractivity contribution in [2.24, 2.45) is 5.92 Å². The molecule has 0 fully saturated rings. The van der Waals surface area contributed by atoms with Crippen molar-refractivity contribution in [1.82, 2.24) is 9.88 Å². The summed E-state index contributed by atoms with van der Waals surface area (Å²) in [5, 5.41) is 8.72. The fraction of sp³-hybridized carbons (Fsp3) is 0.417. The van der Waals surface area contributed by atoms with Gasteiger partial charge < -0.3 is 4.90 Å². The van der Waals surface area contributed by atoms with E-state index in [0.717, 1.165) is 12.3 Å². The van der Waals surface area contributed by atoms with Gasteiger partial charge in [-0.1, -0.05) is 0 Å². The summed E-state index contributed by atoms with van der Waals surface area (Å²) in [6.07, 6.45) is 2.37. The SMILES string of the molecule is CCN(CC(C)C#N)C(=O)c1cncc(F)c1. The lowest BCUT2D eigenvalue weighted by atomic mass is 10.1. The van der Waals surface area contributed by atoms with Crippen molar-refractivity contribution in [1.29, 1.82) is 5.26 Å². The number of hydrogen-bond donors (Lipinski definition) is 0. The fourth-order valence-corrected chi connectivity index (χ4v) is 1.44. The van der Waals surface area contributed by atoms with Crippen molar-refractivity contribution >= 4 is 5.91 Å². The number of aromatic nitrogens is 1. The number of hydrogen-bond acceptors (Lipinski definition) is 3. The number of nitrogens with zero attached hydrogens (tertiary/aromatic N) is 3. The Morgan fingerprint density at radius 1 is 1.65 bits per heavy atom. The third kappa shape index (κ3) is 3.52. The molecular formula is C12H14FN3O. The van der Waals surface area contributed by atoms with Crippen LogP contribution in [0.3, 0.4) is 0 Å². The summed E-state index contributed by atoms with van der Waals surface area (Å²) in [4.78, 5) is 17.1. The van der Waals surface area contributed by atoms with Gasteiger partial charge in [0.2, 0.25) is 0 Å². The molecule has 0 aliphatic carbocycles. The number of amides is 1. The monoisotopic (exact) mass is 235 g/mol. The molecule has 0 spiro atoms. The summed E-state index contributed by atoms with van der Waals surface area (Å²) in [7, 11) is 0. The molecule has 0 N–H and O–H groups in total. The molecular weight excluding hydrogens is 221 g/mol. The maximum Gasteiger partial charge on any atom is 0.255 e. The Hall–Kier alpha value is -1.96. The van der Waals surface area contributed by atoms with E-state index in [4.69, 9.17) is 5.26 Å². The Bertz CT molecular complexity index is 442. The first-order valence-electron chi connectivity index (χ1n) is 5.38. The Labute approximate surface area is 99.7 Å². The molecule has 4 nitrogen and oxygen atoms in total. The van der Waals surface area contributed by atoms with Crippen molar-refractivity contribution in [3.63, 3.8) is 0 Å². The standard InChI is InChI=1S/C12H14FN3O/c1-3-16(8-9(2)5-14)12(17)10-4-11(13)7-15-6-10/h4,6-7,9H,3,8H2,1-2H3. The van der Waals surface area contributed by atoms with Crippen LogP contribution in [0, 0.1) is 23.1 Å². The first-order valence-corrected chi connectivity index (χ1v) is 5.38. The van der Waals surface area contributed by atoms with E-state index in [1.54, 1.807) is 6.92 Å². The van der Waals surface area contributed by atoms with Crippen LogP contribution in [0.2, 0.25) is 0 Å². The Morgan fingerprint density at radius 2 is 2.35 bits per heavy atom. The lowest BCUT2D eigenvalue weighted by Gasteiger charge is -2.21. The van der Waals surface area contributed by atoms with Gasteiger partial charge in [0.25, 0.3) is 5.91 Å². The van der Waals surface area contributed by atoms with Crippen molar-refractivity contribution < 1.29 is 9.18 Å². The van der Waals surface area contributed by atoms with E-state index in [1.165, 1.54) is 11.1 Å². The number of rotatable bonds is 4. The van der Waals surface area contributed by atoms with Gasteiger partial charge in [-0.15, -0.1) is 0 Å². The highest BCUT2D eigenvalue weighted by atomic mass is 19.1. The molecule has 0 saturated heterocycles. The molecule has 0 saturated carbocycles. The molecule has 90 valence electrons. The lowest BCUT2D eigenvalue weighted by molar-refractivity contribution is 0.0751. The summed E-state index contributed by atoms with van der Waals surface area (Å²) >= 11 is 0. The average molecular weight is 235 g/mol. The Kier molecular flexibility index (Phi) is 4.58. The lowest BCUT2D eigenvalue weighted by Crippen LogP contribution is -2.34. The van der Waals surface area contributed by atoms with Gasteiger partial charge >= 0.3 is 0 Å². The maximum atomic E-state index is 12.9. The molecule has 17 heavy (non-hydrogen) atoms. The van der Waals surface area contributed by atoms with Crippen molar-refractivity contribution in [2.45, 2.75) is 13.8 Å². The minimum Gasteiger partial charge on any atom is -0.338 e. The van der Waals surface area contributed by atoms with Gasteiger partial charge in [-0.2, -0.15) is 5.26 Å². The number of carbonyl (C=O) groups excluding carboxylic acids is 1. The molecule has 1 aromatic heterocycles. The molecule has 0 radical (unpaired) electrons. The van der Waals surface area contributed by atoms with Crippen molar-refractivity contribution in [3.05, 3.63) is 29.8 Å². The van der Waals surface area contributed by atoms with Crippen LogP contribution in [-0.4, -0.2) is 28.9 Å². The first kappa shape index (κ1) is 13.1. The molecule has 1 rings (SSSR count). The summed E-state index contributed by atoms with van der Waals surface area (Å²) in [6.45, 7) is 4.36. The third-order valence-corrected chi connectivity index (χ3v) is 2.34. The van der Waals surface area contributed by atoms with Gasteiger partial charge in [0.05, 0.1) is 23.7 Å². The van der Waals surface area contributed by atoms with Crippen LogP contribution in [0.5, 0.6) is 0 Å². The van der Waals surface area contributed by atoms with E-state index in [2.05, 4.69) is 11.1 Å². The summed E-state index contributed by atoms with van der Waals surface area (Å²) < 4.78 is 12.9. The van der Waals surface area contributed by atoms with Crippen LogP contribution < -0.4 is 0 Å². The second kappa shape index (κ2) is 5.94. The number of carbonyl (C=O) groups is 1. The topological polar surface area (TPSA) is 57.0 Å². The normalized spacial score (nSPS) is 11.6. The highest BCUT2D eigenvalue weighted by Gasteiger charge is 2.17. The summed E-state index contributed by atoms with van der Waals surface area (Å²) in [6, 6.07) is 3.21. The van der Waals surface area contributed by atoms with E-state index < -0.39 is 5.82 Å². The van der Waals surface area contributed by atoms with Gasteiger partial charge in [-0.3, -0.25) is 9.78 Å². The molecule has 0 bridgehead atoms. The molecule has 1 heterocycles. The molecule has 1 atom stereocenters. The number of nitriles is 1. The number of halogens is 1. The first-order chi connectivity index (χ1) is 8.08. The van der Waals surface area contributed by atoms with Crippen LogP contribution >= 0.6 is 0 Å². The van der Waals surface area contributed by atoms with E-state index in [9.17, 15) is 9.18 Å². The van der Waals surface area contributed by atoms with E-state index >= 15 is 0 Å². The van der Waals surface area contributed by atoms with Gasteiger partial charge in [0, 0.05) is 19.3 Å². The zero-order valence-corrected chi connectivity index (χ0v) is 9.85. The minimum atomic E-state index is -0.541. The van der Waals surface area contributed by atoms with Gasteiger partial charge in [0.15, 0.2) is 0 Å². The molecule has 1 amide bonds. The third-order valence-electron chi connectivity index (χ3n) is 2.34. The minimum absolute atomic E-state index is 0.206. The van der Waals surface area contributed by atoms with Crippen molar-refractivity contribution in [3.8, 4) is 6.07 Å². The number of pyridine rings is 1. The molecule has 1 aromatic rings. The maximum absolute atomic E-state index is 12.9. The zero-order chi connectivity index (χ0) is 12.8. The summed E-state index contributed by atoms with van der Waals surface area (Å²) in [5.74, 6) is -1.10. The Balaban J connectivity index is 2.83. The quantitative estimate of drug-likeness (QED) is 0.800. The average Bonchev–Trinajstić information content (AvgIpc) is 2.34. The van der Waals surface area contributed by atoms with Crippen LogP contribution in [0.1, 0.15) is 24.2 Å². The van der Waals surface area contributed by atoms with Gasteiger partial charge in [0.1, 0.15) is 5.82 Å². The van der Waals surface area contributed by atoms with Crippen LogP contribution in [-0.2, 0) is 0 Å². The fourth-order valence-electron chi connectivity index (χ4n) is 1.44. The predicted molar refractivity (Wildman–Crippen MR) is 60.5 cm³/mol. The van der Waals surface area contributed by atoms with E-state index in [1.807, 2.05) is 6.92 Å². The highest BCUT2D eigenvalue weighted by molar-refractivity contribution is 5.93. The van der Waals surface area contributed by atoms with E-state index in [0.29, 0.717) is 13.1 Å². The zero-order valence-electron chi connectivity index (χ0n) is 9.85. The van der Waals surface area contributed by atoms with Crippen LogP contribution in [0.25, 0.3) is 0 Å². The molecule has 0 aromatic carbocycles. The second-order valence-electron chi connectivity index (χ2n) is 3.77. The van der Waals surface area contributed by atoms with Crippen LogP contribution in [0.4, 0.5) is 4.39 Å². The highest BCUT2D eigenvalue weighted by Crippen LogP contribution is 2.07. The molecule has 5 heteroatoms.